The molecule has 0 saturated heterocycles. The van der Waals surface area contributed by atoms with Gasteiger partial charge in [0, 0.05) is 20.6 Å². The Bertz CT molecular complexity index is 475. The molecule has 2 unspecified atom stereocenters. The maximum atomic E-state index is 11.7. The Kier molecular flexibility index (Phi) is 6.65. The molecule has 0 aliphatic heterocycles. The predicted octanol–water partition coefficient (Wildman–Crippen LogP) is 1.11. The van der Waals surface area contributed by atoms with Crippen LogP contribution in [0.3, 0.4) is 0 Å². The van der Waals surface area contributed by atoms with Crippen LogP contribution >= 0.6 is 0 Å². The van der Waals surface area contributed by atoms with Gasteiger partial charge in [-0.3, -0.25) is 4.79 Å². The molecule has 1 rings (SSSR count). The van der Waals surface area contributed by atoms with E-state index >= 15 is 0 Å². The van der Waals surface area contributed by atoms with E-state index < -0.39 is 6.10 Å². The van der Waals surface area contributed by atoms with Gasteiger partial charge < -0.3 is 20.1 Å². The van der Waals surface area contributed by atoms with Crippen molar-refractivity contribution >= 4 is 5.91 Å². The van der Waals surface area contributed by atoms with E-state index in [9.17, 15) is 9.90 Å². The van der Waals surface area contributed by atoms with Gasteiger partial charge in [-0.25, -0.2) is 0 Å². The van der Waals surface area contributed by atoms with Crippen LogP contribution in [0.5, 0.6) is 5.75 Å². The van der Waals surface area contributed by atoms with E-state index in [-0.39, 0.29) is 18.6 Å². The van der Waals surface area contributed by atoms with Crippen LogP contribution in [0.25, 0.3) is 0 Å². The van der Waals surface area contributed by atoms with Crippen molar-refractivity contribution in [1.29, 1.82) is 0 Å². The highest BCUT2D eigenvalue weighted by molar-refractivity contribution is 5.80. The molecular weight excluding hydrogens is 268 g/mol. The summed E-state index contributed by atoms with van der Waals surface area (Å²) >= 11 is 0. The van der Waals surface area contributed by atoms with Crippen molar-refractivity contribution in [2.45, 2.75) is 32.9 Å². The number of likely N-dealkylation sites (N-methyl/N-ethyl adjacent to an activating group) is 1. The first kappa shape index (κ1) is 17.5. The molecule has 0 aromatic heterocycles. The number of hydrogen-bond acceptors (Lipinski definition) is 4. The van der Waals surface area contributed by atoms with Crippen molar-refractivity contribution in [2.24, 2.45) is 0 Å². The molecule has 2 N–H and O–H groups in total. The highest BCUT2D eigenvalue weighted by Gasteiger charge is 2.16. The molecule has 2 atom stereocenters. The highest BCUT2D eigenvalue weighted by atomic mass is 16.5. The van der Waals surface area contributed by atoms with Gasteiger partial charge in [-0.1, -0.05) is 12.1 Å². The lowest BCUT2D eigenvalue weighted by Crippen LogP contribution is -2.45. The summed E-state index contributed by atoms with van der Waals surface area (Å²) < 4.78 is 5.63. The fourth-order valence-corrected chi connectivity index (χ4v) is 1.90. The molecule has 21 heavy (non-hydrogen) atoms. The van der Waals surface area contributed by atoms with Crippen molar-refractivity contribution < 1.29 is 14.6 Å². The molecule has 1 aromatic rings. The molecule has 0 aliphatic carbocycles. The molecule has 118 valence electrons. The van der Waals surface area contributed by atoms with Crippen molar-refractivity contribution in [3.63, 3.8) is 0 Å². The second-order valence-electron chi connectivity index (χ2n) is 5.60. The summed E-state index contributed by atoms with van der Waals surface area (Å²) in [4.78, 5) is 13.2. The molecule has 0 spiro atoms. The van der Waals surface area contributed by atoms with Crippen LogP contribution in [-0.2, 0) is 4.79 Å². The molecule has 0 fully saturated rings. The van der Waals surface area contributed by atoms with Gasteiger partial charge in [-0.2, -0.15) is 0 Å². The quantitative estimate of drug-likeness (QED) is 0.791. The Morgan fingerprint density at radius 1 is 1.38 bits per heavy atom. The summed E-state index contributed by atoms with van der Waals surface area (Å²) in [7, 11) is 3.42. The van der Waals surface area contributed by atoms with Crippen molar-refractivity contribution in [3.8, 4) is 5.75 Å². The predicted molar refractivity (Wildman–Crippen MR) is 83.6 cm³/mol. The lowest BCUT2D eigenvalue weighted by Gasteiger charge is -2.20. The van der Waals surface area contributed by atoms with Gasteiger partial charge in [0.25, 0.3) is 0 Å². The molecule has 0 saturated carbocycles. The van der Waals surface area contributed by atoms with E-state index in [4.69, 9.17) is 4.74 Å². The monoisotopic (exact) mass is 294 g/mol. The number of benzene rings is 1. The minimum Gasteiger partial charge on any atom is -0.491 e. The van der Waals surface area contributed by atoms with Crippen LogP contribution in [0.15, 0.2) is 18.2 Å². The smallest absolute Gasteiger partial charge is 0.238 e. The number of nitrogens with zero attached hydrogens (tertiary/aromatic N) is 1. The van der Waals surface area contributed by atoms with Gasteiger partial charge in [-0.15, -0.1) is 0 Å². The number of amides is 1. The van der Waals surface area contributed by atoms with E-state index in [1.54, 1.807) is 21.0 Å². The molecule has 0 radical (unpaired) electrons. The summed E-state index contributed by atoms with van der Waals surface area (Å²) in [5.41, 5.74) is 2.16. The zero-order chi connectivity index (χ0) is 16.0. The SMILES string of the molecule is Cc1ccc(C)c(OCC(O)CNC(C)C(=O)N(C)C)c1. The number of rotatable bonds is 7. The van der Waals surface area contributed by atoms with E-state index in [0.29, 0.717) is 6.54 Å². The number of nitrogens with one attached hydrogen (secondary N) is 1. The fourth-order valence-electron chi connectivity index (χ4n) is 1.90. The summed E-state index contributed by atoms with van der Waals surface area (Å²) in [5.74, 6) is 0.768. The average molecular weight is 294 g/mol. The van der Waals surface area contributed by atoms with Gasteiger partial charge in [0.2, 0.25) is 5.91 Å². The van der Waals surface area contributed by atoms with Gasteiger partial charge in [0.15, 0.2) is 0 Å². The molecule has 0 aliphatic rings. The average Bonchev–Trinajstić information content (AvgIpc) is 2.44. The van der Waals surface area contributed by atoms with Crippen LogP contribution in [-0.4, -0.2) is 55.3 Å². The van der Waals surface area contributed by atoms with Crippen LogP contribution in [0, 0.1) is 13.8 Å². The highest BCUT2D eigenvalue weighted by Crippen LogP contribution is 2.19. The summed E-state index contributed by atoms with van der Waals surface area (Å²) in [5, 5.41) is 12.9. The second-order valence-corrected chi connectivity index (χ2v) is 5.60. The van der Waals surface area contributed by atoms with E-state index in [1.807, 2.05) is 32.0 Å². The Morgan fingerprint density at radius 2 is 2.05 bits per heavy atom. The standard InChI is InChI=1S/C16H26N2O3/c1-11-6-7-12(2)15(8-11)21-10-14(19)9-17-13(3)16(20)18(4)5/h6-8,13-14,17,19H,9-10H2,1-5H3. The van der Waals surface area contributed by atoms with Gasteiger partial charge in [-0.05, 0) is 38.0 Å². The first-order valence-corrected chi connectivity index (χ1v) is 7.14. The lowest BCUT2D eigenvalue weighted by atomic mass is 10.1. The topological polar surface area (TPSA) is 61.8 Å². The Hall–Kier alpha value is -1.59. The van der Waals surface area contributed by atoms with Crippen LogP contribution < -0.4 is 10.1 Å². The first-order valence-electron chi connectivity index (χ1n) is 7.14. The zero-order valence-corrected chi connectivity index (χ0v) is 13.5. The molecule has 1 amide bonds. The molecule has 5 nitrogen and oxygen atoms in total. The maximum Gasteiger partial charge on any atom is 0.238 e. The molecular formula is C16H26N2O3. The molecule has 0 bridgehead atoms. The molecule has 5 heteroatoms. The Labute approximate surface area is 126 Å². The van der Waals surface area contributed by atoms with Gasteiger partial charge >= 0.3 is 0 Å². The number of aryl methyl sites for hydroxylation is 2. The summed E-state index contributed by atoms with van der Waals surface area (Å²) in [6.07, 6.45) is -0.665. The minimum absolute atomic E-state index is 0.0161. The summed E-state index contributed by atoms with van der Waals surface area (Å²) in [6, 6.07) is 5.64. The van der Waals surface area contributed by atoms with Gasteiger partial charge in [0.1, 0.15) is 18.5 Å². The third kappa shape index (κ3) is 5.73. The Balaban J connectivity index is 2.39. The summed E-state index contributed by atoms with van der Waals surface area (Å²) in [6.45, 7) is 6.25. The fraction of sp³-hybridized carbons (Fsp3) is 0.562. The lowest BCUT2D eigenvalue weighted by molar-refractivity contribution is -0.130. The third-order valence-corrected chi connectivity index (χ3v) is 3.25. The zero-order valence-electron chi connectivity index (χ0n) is 13.5. The number of carbonyl (C=O) groups is 1. The maximum absolute atomic E-state index is 11.7. The van der Waals surface area contributed by atoms with Crippen LogP contribution in [0.1, 0.15) is 18.1 Å². The minimum atomic E-state index is -0.665. The number of ether oxygens (including phenoxy) is 1. The van der Waals surface area contributed by atoms with Crippen molar-refractivity contribution in [2.75, 3.05) is 27.2 Å². The first-order chi connectivity index (χ1) is 9.81. The van der Waals surface area contributed by atoms with E-state index in [0.717, 1.165) is 16.9 Å². The van der Waals surface area contributed by atoms with Crippen LogP contribution in [0.2, 0.25) is 0 Å². The molecule has 0 heterocycles. The van der Waals surface area contributed by atoms with E-state index in [2.05, 4.69) is 5.32 Å². The third-order valence-electron chi connectivity index (χ3n) is 3.25. The normalized spacial score (nSPS) is 13.6. The largest absolute Gasteiger partial charge is 0.491 e. The molecule has 1 aromatic carbocycles. The van der Waals surface area contributed by atoms with Gasteiger partial charge in [0.05, 0.1) is 6.04 Å². The number of aliphatic hydroxyl groups excluding tert-OH is 1. The second kappa shape index (κ2) is 8.00. The van der Waals surface area contributed by atoms with E-state index in [1.165, 1.54) is 4.90 Å². The Morgan fingerprint density at radius 3 is 2.67 bits per heavy atom. The van der Waals surface area contributed by atoms with Crippen molar-refractivity contribution in [1.82, 2.24) is 10.2 Å². The number of aliphatic hydroxyl groups is 1. The van der Waals surface area contributed by atoms with Crippen LogP contribution in [0.4, 0.5) is 0 Å². The number of hydrogen-bond donors (Lipinski definition) is 2. The van der Waals surface area contributed by atoms with Crippen molar-refractivity contribution in [3.05, 3.63) is 29.3 Å². The number of carbonyl (C=O) groups excluding carboxylic acids is 1.